The highest BCUT2D eigenvalue weighted by Crippen LogP contribution is 2.30. The van der Waals surface area contributed by atoms with Gasteiger partial charge in [-0.05, 0) is 72.3 Å². The Hall–Kier alpha value is -2.76. The SMILES string of the molecule is CCc1ccc(N=C2NC(=O)C(=Cc3ccc(-c4ccc(Cl)cc4)o3)S2)cc1. The lowest BCUT2D eigenvalue weighted by molar-refractivity contribution is -0.115. The highest BCUT2D eigenvalue weighted by atomic mass is 35.5. The molecule has 4 nitrogen and oxygen atoms in total. The standard InChI is InChI=1S/C22H17ClN2O2S/c1-2-14-3-9-17(10-4-14)24-22-25-21(26)20(28-22)13-18-11-12-19(27-18)15-5-7-16(23)8-6-15/h3-13H,2H2,1H3,(H,24,25,26). The summed E-state index contributed by atoms with van der Waals surface area (Å²) in [6, 6.07) is 19.1. The Morgan fingerprint density at radius 1 is 1.07 bits per heavy atom. The van der Waals surface area contributed by atoms with Crippen LogP contribution >= 0.6 is 23.4 Å². The van der Waals surface area contributed by atoms with Crippen LogP contribution < -0.4 is 5.32 Å². The van der Waals surface area contributed by atoms with Gasteiger partial charge in [-0.2, -0.15) is 0 Å². The van der Waals surface area contributed by atoms with E-state index in [1.54, 1.807) is 6.08 Å². The maximum atomic E-state index is 12.3. The number of benzene rings is 2. The monoisotopic (exact) mass is 408 g/mol. The fourth-order valence-electron chi connectivity index (χ4n) is 2.73. The number of rotatable bonds is 4. The summed E-state index contributed by atoms with van der Waals surface area (Å²) in [5, 5.41) is 4.03. The van der Waals surface area contributed by atoms with Gasteiger partial charge in [0.2, 0.25) is 0 Å². The number of amidine groups is 1. The van der Waals surface area contributed by atoms with Gasteiger partial charge in [-0.3, -0.25) is 4.79 Å². The van der Waals surface area contributed by atoms with Crippen LogP contribution in [0.25, 0.3) is 17.4 Å². The summed E-state index contributed by atoms with van der Waals surface area (Å²) in [6.45, 7) is 2.11. The van der Waals surface area contributed by atoms with Gasteiger partial charge in [0.15, 0.2) is 5.17 Å². The number of carbonyl (C=O) groups is 1. The van der Waals surface area contributed by atoms with E-state index in [1.807, 2.05) is 60.7 Å². The lowest BCUT2D eigenvalue weighted by atomic mass is 10.2. The smallest absolute Gasteiger partial charge is 0.264 e. The minimum absolute atomic E-state index is 0.182. The third-order valence-corrected chi connectivity index (χ3v) is 5.42. The molecule has 1 aliphatic rings. The number of nitrogens with zero attached hydrogens (tertiary/aromatic N) is 1. The average molecular weight is 409 g/mol. The van der Waals surface area contributed by atoms with Crippen LogP contribution in [0.5, 0.6) is 0 Å². The number of thioether (sulfide) groups is 1. The zero-order valence-corrected chi connectivity index (χ0v) is 16.7. The highest BCUT2D eigenvalue weighted by molar-refractivity contribution is 8.18. The number of aryl methyl sites for hydroxylation is 1. The third kappa shape index (κ3) is 4.21. The zero-order chi connectivity index (χ0) is 19.5. The van der Waals surface area contributed by atoms with Crippen molar-refractivity contribution in [3.05, 3.63) is 81.9 Å². The lowest BCUT2D eigenvalue weighted by Gasteiger charge is -1.98. The Kier molecular flexibility index (Phi) is 5.37. The lowest BCUT2D eigenvalue weighted by Crippen LogP contribution is -2.19. The van der Waals surface area contributed by atoms with Crippen LogP contribution in [0.3, 0.4) is 0 Å². The first kappa shape index (κ1) is 18.6. The molecule has 1 amide bonds. The molecule has 2 aromatic carbocycles. The molecule has 4 rings (SSSR count). The second kappa shape index (κ2) is 8.09. The predicted molar refractivity (Wildman–Crippen MR) is 116 cm³/mol. The molecule has 2 heterocycles. The van der Waals surface area contributed by atoms with E-state index in [0.717, 1.165) is 23.4 Å². The molecule has 1 N–H and O–H groups in total. The number of hydrogen-bond acceptors (Lipinski definition) is 4. The minimum atomic E-state index is -0.182. The molecule has 0 aliphatic carbocycles. The maximum absolute atomic E-state index is 12.3. The normalized spacial score (nSPS) is 16.7. The van der Waals surface area contributed by atoms with Crippen molar-refractivity contribution in [3.8, 4) is 11.3 Å². The number of furan rings is 1. The van der Waals surface area contributed by atoms with E-state index in [4.69, 9.17) is 16.0 Å². The number of nitrogens with one attached hydrogen (secondary N) is 1. The fourth-order valence-corrected chi connectivity index (χ4v) is 3.68. The van der Waals surface area contributed by atoms with Gasteiger partial charge in [0.05, 0.1) is 10.6 Å². The van der Waals surface area contributed by atoms with Crippen LogP contribution in [0.2, 0.25) is 5.02 Å². The Balaban J connectivity index is 1.51. The van der Waals surface area contributed by atoms with Crippen LogP contribution in [-0.2, 0) is 11.2 Å². The molecule has 0 saturated carbocycles. The van der Waals surface area contributed by atoms with E-state index in [9.17, 15) is 4.79 Å². The van der Waals surface area contributed by atoms with Crippen molar-refractivity contribution >= 4 is 46.2 Å². The number of carbonyl (C=O) groups excluding carboxylic acids is 1. The number of aliphatic imine (C=N–C) groups is 1. The highest BCUT2D eigenvalue weighted by Gasteiger charge is 2.24. The first-order valence-electron chi connectivity index (χ1n) is 8.85. The van der Waals surface area contributed by atoms with Crippen LogP contribution in [0, 0.1) is 0 Å². The Labute approximate surface area is 172 Å². The van der Waals surface area contributed by atoms with Gasteiger partial charge < -0.3 is 9.73 Å². The van der Waals surface area contributed by atoms with E-state index in [-0.39, 0.29) is 5.91 Å². The molecular formula is C22H17ClN2O2S. The van der Waals surface area contributed by atoms with Crippen molar-refractivity contribution < 1.29 is 9.21 Å². The molecule has 0 bridgehead atoms. The van der Waals surface area contributed by atoms with Crippen LogP contribution in [0.15, 0.2) is 75.0 Å². The quantitative estimate of drug-likeness (QED) is 0.534. The molecule has 0 spiro atoms. The topological polar surface area (TPSA) is 54.6 Å². The number of hydrogen-bond donors (Lipinski definition) is 1. The zero-order valence-electron chi connectivity index (χ0n) is 15.1. The summed E-state index contributed by atoms with van der Waals surface area (Å²) in [4.78, 5) is 17.3. The van der Waals surface area contributed by atoms with Crippen molar-refractivity contribution in [3.63, 3.8) is 0 Å². The molecule has 0 unspecified atom stereocenters. The third-order valence-electron chi connectivity index (χ3n) is 4.25. The summed E-state index contributed by atoms with van der Waals surface area (Å²) >= 11 is 7.22. The Bertz CT molecular complexity index is 1070. The molecule has 1 fully saturated rings. The summed E-state index contributed by atoms with van der Waals surface area (Å²) < 4.78 is 5.85. The van der Waals surface area contributed by atoms with Gasteiger partial charge >= 0.3 is 0 Å². The number of halogens is 1. The van der Waals surface area contributed by atoms with Gasteiger partial charge in [0.25, 0.3) is 5.91 Å². The molecule has 0 atom stereocenters. The van der Waals surface area contributed by atoms with Gasteiger partial charge in [-0.25, -0.2) is 4.99 Å². The van der Waals surface area contributed by atoms with E-state index in [1.165, 1.54) is 17.3 Å². The second-order valence-corrected chi connectivity index (χ2v) is 7.68. The van der Waals surface area contributed by atoms with Crippen LogP contribution in [0.1, 0.15) is 18.2 Å². The molecule has 0 radical (unpaired) electrons. The molecule has 1 aromatic heterocycles. The molecule has 6 heteroatoms. The molecule has 140 valence electrons. The van der Waals surface area contributed by atoms with Gasteiger partial charge in [-0.1, -0.05) is 30.7 Å². The molecule has 1 saturated heterocycles. The van der Waals surface area contributed by atoms with Gasteiger partial charge in [0.1, 0.15) is 11.5 Å². The van der Waals surface area contributed by atoms with E-state index >= 15 is 0 Å². The van der Waals surface area contributed by atoms with Crippen molar-refractivity contribution in [2.75, 3.05) is 0 Å². The second-order valence-electron chi connectivity index (χ2n) is 6.21. The van der Waals surface area contributed by atoms with E-state index in [0.29, 0.717) is 20.9 Å². The molecular weight excluding hydrogens is 392 g/mol. The van der Waals surface area contributed by atoms with Gasteiger partial charge in [0, 0.05) is 16.7 Å². The molecule has 3 aromatic rings. The van der Waals surface area contributed by atoms with Crippen molar-refractivity contribution in [2.45, 2.75) is 13.3 Å². The van der Waals surface area contributed by atoms with E-state index in [2.05, 4.69) is 17.2 Å². The Morgan fingerprint density at radius 2 is 1.82 bits per heavy atom. The fraction of sp³-hybridized carbons (Fsp3) is 0.0909. The van der Waals surface area contributed by atoms with Crippen LogP contribution in [-0.4, -0.2) is 11.1 Å². The number of amides is 1. The first-order valence-corrected chi connectivity index (χ1v) is 10.0. The summed E-state index contributed by atoms with van der Waals surface area (Å²) in [5.41, 5.74) is 2.99. The summed E-state index contributed by atoms with van der Waals surface area (Å²) in [6.07, 6.45) is 2.71. The molecule has 1 aliphatic heterocycles. The van der Waals surface area contributed by atoms with Gasteiger partial charge in [-0.15, -0.1) is 0 Å². The van der Waals surface area contributed by atoms with Crippen molar-refractivity contribution in [2.24, 2.45) is 4.99 Å². The van der Waals surface area contributed by atoms with Crippen molar-refractivity contribution in [1.29, 1.82) is 0 Å². The molecule has 28 heavy (non-hydrogen) atoms. The predicted octanol–water partition coefficient (Wildman–Crippen LogP) is 6.05. The first-order chi connectivity index (χ1) is 13.6. The largest absolute Gasteiger partial charge is 0.457 e. The Morgan fingerprint density at radius 3 is 2.54 bits per heavy atom. The van der Waals surface area contributed by atoms with Crippen molar-refractivity contribution in [1.82, 2.24) is 5.32 Å². The minimum Gasteiger partial charge on any atom is -0.457 e. The van der Waals surface area contributed by atoms with E-state index < -0.39 is 0 Å². The van der Waals surface area contributed by atoms with Crippen LogP contribution in [0.4, 0.5) is 5.69 Å². The summed E-state index contributed by atoms with van der Waals surface area (Å²) in [7, 11) is 0. The summed E-state index contributed by atoms with van der Waals surface area (Å²) in [5.74, 6) is 1.14. The average Bonchev–Trinajstić information content (AvgIpc) is 3.30. The maximum Gasteiger partial charge on any atom is 0.264 e.